The van der Waals surface area contributed by atoms with Gasteiger partial charge in [0.15, 0.2) is 5.17 Å². The average molecular weight is 356 g/mol. The van der Waals surface area contributed by atoms with Gasteiger partial charge in [0.2, 0.25) is 0 Å². The van der Waals surface area contributed by atoms with Crippen molar-refractivity contribution in [2.24, 2.45) is 10.7 Å². The smallest absolute Gasteiger partial charge is 0.156 e. The molecule has 24 heavy (non-hydrogen) atoms. The molecule has 2 rings (SSSR count). The number of ether oxygens (including phenoxy) is 2. The summed E-state index contributed by atoms with van der Waals surface area (Å²) in [5.41, 5.74) is 6.49. The fraction of sp³-hybridized carbons (Fsp3) is 0.562. The van der Waals surface area contributed by atoms with Crippen molar-refractivity contribution in [3.8, 4) is 0 Å². The molecule has 0 unspecified atom stereocenters. The first-order valence-electron chi connectivity index (χ1n) is 7.81. The summed E-state index contributed by atoms with van der Waals surface area (Å²) in [5, 5.41) is 28.9. The minimum Gasteiger partial charge on any atom is -0.394 e. The maximum Gasteiger partial charge on any atom is 0.156 e. The molecule has 5 N–H and O–H groups in total. The zero-order valence-corrected chi connectivity index (χ0v) is 14.1. The molecule has 7 nitrogen and oxygen atoms in total. The Labute approximate surface area is 145 Å². The van der Waals surface area contributed by atoms with Gasteiger partial charge in [-0.15, -0.1) is 0 Å². The van der Waals surface area contributed by atoms with Crippen LogP contribution in [0.25, 0.3) is 0 Å². The molecule has 0 bridgehead atoms. The summed E-state index contributed by atoms with van der Waals surface area (Å²) in [6.07, 6.45) is -2.62. The molecule has 134 valence electrons. The molecule has 1 aromatic rings. The Hall–Kier alpha value is -1.16. The number of benzene rings is 1. The lowest BCUT2D eigenvalue weighted by Crippen LogP contribution is -2.49. The van der Waals surface area contributed by atoms with Gasteiger partial charge in [0.25, 0.3) is 0 Å². The van der Waals surface area contributed by atoms with Crippen molar-refractivity contribution in [3.05, 3.63) is 35.9 Å². The van der Waals surface area contributed by atoms with Crippen LogP contribution in [0.1, 0.15) is 12.0 Å². The van der Waals surface area contributed by atoms with Crippen LogP contribution in [0.5, 0.6) is 0 Å². The number of nitrogens with zero attached hydrogens (tertiary/aromatic N) is 1. The largest absolute Gasteiger partial charge is 0.394 e. The Morgan fingerprint density at radius 2 is 2.08 bits per heavy atom. The minimum atomic E-state index is -1.09. The van der Waals surface area contributed by atoms with Gasteiger partial charge in [0, 0.05) is 6.42 Å². The third-order valence-corrected chi connectivity index (χ3v) is 4.52. The van der Waals surface area contributed by atoms with E-state index in [1.165, 1.54) is 11.8 Å². The van der Waals surface area contributed by atoms with E-state index >= 15 is 0 Å². The number of hydrogen-bond acceptors (Lipinski definition) is 7. The first-order valence-corrected chi connectivity index (χ1v) is 8.69. The Kier molecular flexibility index (Phi) is 7.97. The van der Waals surface area contributed by atoms with Gasteiger partial charge in [-0.3, -0.25) is 4.99 Å². The quantitative estimate of drug-likeness (QED) is 0.310. The number of hydrogen-bond donors (Lipinski definition) is 4. The van der Waals surface area contributed by atoms with Crippen LogP contribution in [0.15, 0.2) is 35.3 Å². The lowest BCUT2D eigenvalue weighted by atomic mass is 10.0. The third kappa shape index (κ3) is 6.04. The van der Waals surface area contributed by atoms with Crippen molar-refractivity contribution in [1.82, 2.24) is 0 Å². The number of rotatable bonds is 7. The summed E-state index contributed by atoms with van der Waals surface area (Å²) in [6, 6.07) is 9.86. The van der Waals surface area contributed by atoms with Crippen molar-refractivity contribution in [1.29, 1.82) is 0 Å². The van der Waals surface area contributed by atoms with Gasteiger partial charge in [-0.05, 0) is 5.56 Å². The molecular weight excluding hydrogens is 332 g/mol. The summed E-state index contributed by atoms with van der Waals surface area (Å²) in [4.78, 5) is 4.19. The standard InChI is InChI=1S/C16H24N2O5S/c17-16(18-6-7-22-10-11-4-2-1-3-5-11)24-14-8-12(20)15(21)13(9-19)23-14/h1-5,12-15,19-21H,6-10H2,(H2,17,18)/t12-,13-,14-,15+/m1/s1. The Morgan fingerprint density at radius 3 is 2.79 bits per heavy atom. The summed E-state index contributed by atoms with van der Waals surface area (Å²) < 4.78 is 11.0. The summed E-state index contributed by atoms with van der Waals surface area (Å²) >= 11 is 1.17. The first-order chi connectivity index (χ1) is 11.6. The van der Waals surface area contributed by atoms with E-state index in [1.54, 1.807) is 0 Å². The van der Waals surface area contributed by atoms with E-state index in [1.807, 2.05) is 30.3 Å². The van der Waals surface area contributed by atoms with E-state index in [4.69, 9.17) is 20.3 Å². The van der Waals surface area contributed by atoms with Crippen LogP contribution in [0.2, 0.25) is 0 Å². The lowest BCUT2D eigenvalue weighted by molar-refractivity contribution is -0.156. The van der Waals surface area contributed by atoms with Crippen molar-refractivity contribution in [3.63, 3.8) is 0 Å². The highest BCUT2D eigenvalue weighted by molar-refractivity contribution is 8.14. The number of aliphatic hydroxyl groups is 3. The summed E-state index contributed by atoms with van der Waals surface area (Å²) in [5.74, 6) is 0. The van der Waals surface area contributed by atoms with E-state index in [0.29, 0.717) is 24.9 Å². The van der Waals surface area contributed by atoms with Gasteiger partial charge >= 0.3 is 0 Å². The molecule has 0 spiro atoms. The molecular formula is C16H24N2O5S. The number of amidine groups is 1. The van der Waals surface area contributed by atoms with Gasteiger partial charge in [-0.2, -0.15) is 0 Å². The average Bonchev–Trinajstić information content (AvgIpc) is 2.58. The number of nitrogens with two attached hydrogens (primary N) is 1. The molecule has 1 aromatic carbocycles. The molecule has 0 aromatic heterocycles. The molecule has 0 radical (unpaired) electrons. The fourth-order valence-electron chi connectivity index (χ4n) is 2.30. The second kappa shape index (κ2) is 9.97. The van der Waals surface area contributed by atoms with Gasteiger partial charge in [-0.1, -0.05) is 42.1 Å². The van der Waals surface area contributed by atoms with Crippen LogP contribution in [0.4, 0.5) is 0 Å². The lowest BCUT2D eigenvalue weighted by Gasteiger charge is -2.35. The van der Waals surface area contributed by atoms with Crippen molar-refractivity contribution in [2.75, 3.05) is 19.8 Å². The van der Waals surface area contributed by atoms with E-state index < -0.39 is 23.7 Å². The topological polar surface area (TPSA) is 118 Å². The molecule has 1 aliphatic heterocycles. The van der Waals surface area contributed by atoms with Crippen LogP contribution in [-0.2, 0) is 16.1 Å². The predicted octanol–water partition coefficient (Wildman–Crippen LogP) is 0.0802. The van der Waals surface area contributed by atoms with Crippen LogP contribution < -0.4 is 5.73 Å². The zero-order chi connectivity index (χ0) is 17.4. The van der Waals surface area contributed by atoms with Crippen LogP contribution >= 0.6 is 11.8 Å². The van der Waals surface area contributed by atoms with Gasteiger partial charge in [0.1, 0.15) is 17.6 Å². The first kappa shape index (κ1) is 19.2. The SMILES string of the molecule is NC(=NCCOCc1ccccc1)S[C@@H]1C[C@@H](O)[C@H](O)[C@@H](CO)O1. The maximum atomic E-state index is 9.76. The molecule has 1 aliphatic rings. The van der Waals surface area contributed by atoms with Gasteiger partial charge in [-0.25, -0.2) is 0 Å². The maximum absolute atomic E-state index is 9.76. The highest BCUT2D eigenvalue weighted by Gasteiger charge is 2.36. The Balaban J connectivity index is 1.68. The van der Waals surface area contributed by atoms with E-state index in [2.05, 4.69) is 4.99 Å². The van der Waals surface area contributed by atoms with Gasteiger partial charge in [0.05, 0.1) is 32.5 Å². The number of aliphatic hydroxyl groups excluding tert-OH is 3. The normalized spacial score (nSPS) is 28.0. The second-order valence-electron chi connectivity index (χ2n) is 5.46. The number of thioether (sulfide) groups is 1. The molecule has 0 amide bonds. The van der Waals surface area contributed by atoms with Gasteiger partial charge < -0.3 is 30.5 Å². The summed E-state index contributed by atoms with van der Waals surface area (Å²) in [7, 11) is 0. The van der Waals surface area contributed by atoms with Crippen LogP contribution in [0.3, 0.4) is 0 Å². The van der Waals surface area contributed by atoms with E-state index in [9.17, 15) is 10.2 Å². The van der Waals surface area contributed by atoms with Crippen molar-refractivity contribution in [2.45, 2.75) is 36.8 Å². The molecule has 0 aliphatic carbocycles. The highest BCUT2D eigenvalue weighted by Crippen LogP contribution is 2.27. The zero-order valence-electron chi connectivity index (χ0n) is 13.3. The predicted molar refractivity (Wildman–Crippen MR) is 92.6 cm³/mol. The Morgan fingerprint density at radius 1 is 1.33 bits per heavy atom. The molecule has 4 atom stereocenters. The molecule has 1 fully saturated rings. The minimum absolute atomic E-state index is 0.225. The monoisotopic (exact) mass is 356 g/mol. The van der Waals surface area contributed by atoms with E-state index in [0.717, 1.165) is 5.56 Å². The van der Waals surface area contributed by atoms with E-state index in [-0.39, 0.29) is 13.0 Å². The second-order valence-corrected chi connectivity index (χ2v) is 6.64. The van der Waals surface area contributed by atoms with Crippen molar-refractivity contribution < 1.29 is 24.8 Å². The fourth-order valence-corrected chi connectivity index (χ4v) is 3.23. The molecule has 1 heterocycles. The number of aliphatic imine (C=N–C) groups is 1. The Bertz CT molecular complexity index is 516. The highest BCUT2D eigenvalue weighted by atomic mass is 32.2. The van der Waals surface area contributed by atoms with Crippen molar-refractivity contribution >= 4 is 16.9 Å². The summed E-state index contributed by atoms with van der Waals surface area (Å²) in [6.45, 7) is 1.03. The molecule has 1 saturated heterocycles. The third-order valence-electron chi connectivity index (χ3n) is 3.58. The van der Waals surface area contributed by atoms with Crippen LogP contribution in [-0.4, -0.2) is 64.0 Å². The molecule has 0 saturated carbocycles. The van der Waals surface area contributed by atoms with Crippen LogP contribution in [0, 0.1) is 0 Å². The molecule has 8 heteroatoms.